The monoisotopic (exact) mass is 377 g/mol. The van der Waals surface area contributed by atoms with Crippen molar-refractivity contribution in [1.29, 1.82) is 0 Å². The van der Waals surface area contributed by atoms with E-state index in [1.807, 2.05) is 20.0 Å². The number of aldehydes is 1. The normalized spacial score (nSPS) is 17.4. The Bertz CT molecular complexity index is 994. The van der Waals surface area contributed by atoms with Crippen LogP contribution in [0.3, 0.4) is 0 Å². The molecular formula is C22H27N5O. The lowest BCUT2D eigenvalue weighted by atomic mass is 9.88. The SMILES string of the molecule is CC(C)(C=O)Cc1c[nH]c2ncc(-c3cccc(N4CCC(CN)C4)c3)nc12. The van der Waals surface area contributed by atoms with E-state index in [9.17, 15) is 4.79 Å². The minimum Gasteiger partial charge on any atom is -0.371 e. The number of H-pyrrole nitrogens is 1. The molecule has 1 saturated heterocycles. The molecule has 1 atom stereocenters. The predicted molar refractivity (Wildman–Crippen MR) is 112 cm³/mol. The number of aromatic amines is 1. The number of nitrogens with two attached hydrogens (primary N) is 1. The second kappa shape index (κ2) is 7.36. The summed E-state index contributed by atoms with van der Waals surface area (Å²) < 4.78 is 0. The third-order valence-electron chi connectivity index (χ3n) is 5.55. The van der Waals surface area contributed by atoms with E-state index < -0.39 is 5.41 Å². The van der Waals surface area contributed by atoms with Gasteiger partial charge < -0.3 is 20.4 Å². The lowest BCUT2D eigenvalue weighted by Crippen LogP contribution is -2.22. The van der Waals surface area contributed by atoms with Crippen molar-refractivity contribution in [3.63, 3.8) is 0 Å². The van der Waals surface area contributed by atoms with Gasteiger partial charge in [0.05, 0.1) is 11.9 Å². The maximum atomic E-state index is 11.3. The Morgan fingerprint density at radius 2 is 2.25 bits per heavy atom. The van der Waals surface area contributed by atoms with Crippen molar-refractivity contribution in [3.8, 4) is 11.3 Å². The zero-order valence-corrected chi connectivity index (χ0v) is 16.5. The van der Waals surface area contributed by atoms with Crippen molar-refractivity contribution < 1.29 is 4.79 Å². The number of hydrogen-bond donors (Lipinski definition) is 2. The van der Waals surface area contributed by atoms with Crippen LogP contribution in [0.1, 0.15) is 25.8 Å². The quantitative estimate of drug-likeness (QED) is 0.644. The lowest BCUT2D eigenvalue weighted by molar-refractivity contribution is -0.114. The van der Waals surface area contributed by atoms with E-state index in [-0.39, 0.29) is 0 Å². The van der Waals surface area contributed by atoms with Gasteiger partial charge in [-0.05, 0) is 43.0 Å². The molecular weight excluding hydrogens is 350 g/mol. The van der Waals surface area contributed by atoms with Crippen molar-refractivity contribution in [2.24, 2.45) is 17.1 Å². The van der Waals surface area contributed by atoms with E-state index >= 15 is 0 Å². The molecule has 146 valence electrons. The molecule has 1 aromatic carbocycles. The molecule has 2 aromatic heterocycles. The molecule has 3 aromatic rings. The fourth-order valence-corrected chi connectivity index (χ4v) is 3.87. The van der Waals surface area contributed by atoms with Crippen LogP contribution in [-0.4, -0.2) is 40.9 Å². The first-order valence-electron chi connectivity index (χ1n) is 9.84. The summed E-state index contributed by atoms with van der Waals surface area (Å²) in [6, 6.07) is 8.45. The van der Waals surface area contributed by atoms with E-state index in [0.717, 1.165) is 60.3 Å². The smallest absolute Gasteiger partial charge is 0.156 e. The molecule has 0 bridgehead atoms. The van der Waals surface area contributed by atoms with Gasteiger partial charge in [-0.3, -0.25) is 0 Å². The first kappa shape index (κ1) is 18.6. The summed E-state index contributed by atoms with van der Waals surface area (Å²) in [7, 11) is 0. The summed E-state index contributed by atoms with van der Waals surface area (Å²) in [4.78, 5) is 26.3. The number of rotatable bonds is 6. The molecule has 6 nitrogen and oxygen atoms in total. The molecule has 1 unspecified atom stereocenters. The van der Waals surface area contributed by atoms with Gasteiger partial charge in [0.25, 0.3) is 0 Å². The van der Waals surface area contributed by atoms with Gasteiger partial charge in [-0.15, -0.1) is 0 Å². The first-order chi connectivity index (χ1) is 13.5. The van der Waals surface area contributed by atoms with E-state index in [1.54, 1.807) is 6.20 Å². The van der Waals surface area contributed by atoms with Crippen LogP contribution in [0.25, 0.3) is 22.4 Å². The van der Waals surface area contributed by atoms with Gasteiger partial charge in [-0.25, -0.2) is 9.97 Å². The highest BCUT2D eigenvalue weighted by Crippen LogP contribution is 2.29. The van der Waals surface area contributed by atoms with Crippen LogP contribution in [0, 0.1) is 11.3 Å². The maximum Gasteiger partial charge on any atom is 0.156 e. The number of anilines is 1. The van der Waals surface area contributed by atoms with Crippen molar-refractivity contribution in [2.45, 2.75) is 26.7 Å². The minimum atomic E-state index is -0.429. The van der Waals surface area contributed by atoms with Crippen LogP contribution in [0.4, 0.5) is 5.69 Å². The highest BCUT2D eigenvalue weighted by Gasteiger charge is 2.22. The topological polar surface area (TPSA) is 87.9 Å². The number of benzene rings is 1. The molecule has 0 aliphatic carbocycles. The van der Waals surface area contributed by atoms with Crippen molar-refractivity contribution in [1.82, 2.24) is 15.0 Å². The van der Waals surface area contributed by atoms with Crippen molar-refractivity contribution in [2.75, 3.05) is 24.5 Å². The Hall–Kier alpha value is -2.73. The number of nitrogens with one attached hydrogen (secondary N) is 1. The standard InChI is InChI=1S/C22H27N5O/c1-22(2,14-28)9-17-11-24-21-20(17)26-19(12-25-21)16-4-3-5-18(8-16)27-7-6-15(10-23)13-27/h3-5,8,11-12,14-15H,6-7,9-10,13,23H2,1-2H3,(H,24,25). The van der Waals surface area contributed by atoms with Gasteiger partial charge in [0.2, 0.25) is 0 Å². The van der Waals surface area contributed by atoms with Crippen molar-refractivity contribution in [3.05, 3.63) is 42.2 Å². The highest BCUT2D eigenvalue weighted by atomic mass is 16.1. The molecule has 1 aliphatic rings. The molecule has 0 radical (unpaired) electrons. The molecule has 0 saturated carbocycles. The van der Waals surface area contributed by atoms with Crippen LogP contribution >= 0.6 is 0 Å². The Morgan fingerprint density at radius 1 is 1.39 bits per heavy atom. The summed E-state index contributed by atoms with van der Waals surface area (Å²) in [6.45, 7) is 6.66. The number of fused-ring (bicyclic) bond motifs is 1. The van der Waals surface area contributed by atoms with E-state index in [4.69, 9.17) is 10.7 Å². The van der Waals surface area contributed by atoms with Gasteiger partial charge in [-0.1, -0.05) is 26.0 Å². The Balaban J connectivity index is 1.66. The average molecular weight is 377 g/mol. The van der Waals surface area contributed by atoms with E-state index in [2.05, 4.69) is 39.1 Å². The molecule has 3 N–H and O–H groups in total. The van der Waals surface area contributed by atoms with Crippen LogP contribution < -0.4 is 10.6 Å². The summed E-state index contributed by atoms with van der Waals surface area (Å²) in [5, 5.41) is 0. The predicted octanol–water partition coefficient (Wildman–Crippen LogP) is 3.18. The Kier molecular flexibility index (Phi) is 4.89. The third kappa shape index (κ3) is 3.64. The molecule has 1 aliphatic heterocycles. The van der Waals surface area contributed by atoms with Crippen LogP contribution in [0.15, 0.2) is 36.7 Å². The second-order valence-electron chi connectivity index (χ2n) is 8.44. The average Bonchev–Trinajstić information content (AvgIpc) is 3.35. The lowest BCUT2D eigenvalue weighted by Gasteiger charge is -2.19. The third-order valence-corrected chi connectivity index (χ3v) is 5.55. The van der Waals surface area contributed by atoms with Gasteiger partial charge in [0.1, 0.15) is 11.8 Å². The zero-order chi connectivity index (χ0) is 19.7. The molecule has 0 spiro atoms. The van der Waals surface area contributed by atoms with Crippen LogP contribution in [0.5, 0.6) is 0 Å². The molecule has 4 rings (SSSR count). The van der Waals surface area contributed by atoms with Crippen molar-refractivity contribution >= 4 is 23.1 Å². The number of nitrogens with zero attached hydrogens (tertiary/aromatic N) is 3. The zero-order valence-electron chi connectivity index (χ0n) is 16.5. The molecule has 3 heterocycles. The maximum absolute atomic E-state index is 11.3. The Labute approximate surface area is 165 Å². The molecule has 1 fully saturated rings. The van der Waals surface area contributed by atoms with Crippen LogP contribution in [0.2, 0.25) is 0 Å². The van der Waals surface area contributed by atoms with E-state index in [0.29, 0.717) is 12.3 Å². The second-order valence-corrected chi connectivity index (χ2v) is 8.44. The Morgan fingerprint density at radius 3 is 3.00 bits per heavy atom. The molecule has 6 heteroatoms. The molecule has 0 amide bonds. The summed E-state index contributed by atoms with van der Waals surface area (Å²) in [5.41, 5.74) is 11.1. The fourth-order valence-electron chi connectivity index (χ4n) is 3.87. The van der Waals surface area contributed by atoms with E-state index in [1.165, 1.54) is 5.69 Å². The summed E-state index contributed by atoms with van der Waals surface area (Å²) in [6.07, 6.45) is 6.48. The summed E-state index contributed by atoms with van der Waals surface area (Å²) in [5.74, 6) is 0.573. The fraction of sp³-hybridized carbons (Fsp3) is 0.409. The van der Waals surface area contributed by atoms with Gasteiger partial charge in [-0.2, -0.15) is 0 Å². The van der Waals surface area contributed by atoms with Crippen LogP contribution in [-0.2, 0) is 11.2 Å². The minimum absolute atomic E-state index is 0.429. The van der Waals surface area contributed by atoms with Gasteiger partial charge in [0, 0.05) is 36.0 Å². The summed E-state index contributed by atoms with van der Waals surface area (Å²) >= 11 is 0. The number of carbonyl (C=O) groups is 1. The van der Waals surface area contributed by atoms with Gasteiger partial charge >= 0.3 is 0 Å². The van der Waals surface area contributed by atoms with Gasteiger partial charge in [0.15, 0.2) is 5.65 Å². The number of carbonyl (C=O) groups excluding carboxylic acids is 1. The largest absolute Gasteiger partial charge is 0.371 e. The number of hydrogen-bond acceptors (Lipinski definition) is 5. The molecule has 28 heavy (non-hydrogen) atoms. The highest BCUT2D eigenvalue weighted by molar-refractivity contribution is 5.79. The number of aromatic nitrogens is 3. The first-order valence-corrected chi connectivity index (χ1v) is 9.84.